The van der Waals surface area contributed by atoms with Crippen molar-refractivity contribution in [3.05, 3.63) is 101 Å². The molecule has 37 heavy (non-hydrogen) atoms. The van der Waals surface area contributed by atoms with Crippen LogP contribution in [0.5, 0.6) is 0 Å². The van der Waals surface area contributed by atoms with Gasteiger partial charge in [-0.15, -0.1) is 0 Å². The number of anilines is 1. The Hall–Kier alpha value is -3.95. The molecule has 0 aliphatic heterocycles. The number of rotatable bonds is 8. The van der Waals surface area contributed by atoms with E-state index < -0.39 is 0 Å². The molecular weight excluding hydrogens is 460 g/mol. The van der Waals surface area contributed by atoms with Gasteiger partial charge in [0.05, 0.1) is 11.6 Å². The van der Waals surface area contributed by atoms with Crippen molar-refractivity contribution in [3.63, 3.8) is 0 Å². The second kappa shape index (κ2) is 11.4. The third-order valence-corrected chi connectivity index (χ3v) is 6.32. The zero-order chi connectivity index (χ0) is 27.2. The molecule has 0 aromatic heterocycles. The highest BCUT2D eigenvalue weighted by molar-refractivity contribution is 6.04. The van der Waals surface area contributed by atoms with Crippen molar-refractivity contribution >= 4 is 17.5 Å². The maximum Gasteiger partial charge on any atom is 0.255 e. The molecule has 3 N–H and O–H groups in total. The first kappa shape index (κ1) is 27.6. The Morgan fingerprint density at radius 3 is 1.95 bits per heavy atom. The number of carbonyl (C=O) groups is 2. The Morgan fingerprint density at radius 1 is 0.865 bits per heavy atom. The molecule has 6 heteroatoms. The van der Waals surface area contributed by atoms with Crippen LogP contribution in [0, 0.1) is 16.7 Å². The summed E-state index contributed by atoms with van der Waals surface area (Å²) < 4.78 is 0. The number of carbonyl (C=O) groups excluding carboxylic acids is 2. The van der Waals surface area contributed by atoms with Gasteiger partial charge in [0.25, 0.3) is 11.8 Å². The molecule has 6 nitrogen and oxygen atoms in total. The molecule has 0 unspecified atom stereocenters. The highest BCUT2D eigenvalue weighted by atomic mass is 16.2. The third kappa shape index (κ3) is 7.52. The van der Waals surface area contributed by atoms with E-state index >= 15 is 0 Å². The van der Waals surface area contributed by atoms with Crippen LogP contribution in [0.15, 0.2) is 72.8 Å². The molecular formula is C31H36N4O2. The first-order valence-corrected chi connectivity index (χ1v) is 12.4. The minimum Gasteiger partial charge on any atom is -0.334 e. The fourth-order valence-corrected chi connectivity index (χ4v) is 3.89. The number of nitrogens with zero attached hydrogens (tertiary/aromatic N) is 2. The molecule has 0 aliphatic rings. The van der Waals surface area contributed by atoms with Crippen LogP contribution in [0.25, 0.3) is 0 Å². The Labute approximate surface area is 220 Å². The quantitative estimate of drug-likeness (QED) is 0.416. The summed E-state index contributed by atoms with van der Waals surface area (Å²) in [6.07, 6.45) is 0. The van der Waals surface area contributed by atoms with Gasteiger partial charge in [-0.3, -0.25) is 9.59 Å². The maximum absolute atomic E-state index is 13.3. The van der Waals surface area contributed by atoms with E-state index in [4.69, 9.17) is 11.0 Å². The molecule has 192 valence electrons. The van der Waals surface area contributed by atoms with Gasteiger partial charge in [0.1, 0.15) is 0 Å². The van der Waals surface area contributed by atoms with Gasteiger partial charge in [-0.1, -0.05) is 58.9 Å². The smallest absolute Gasteiger partial charge is 0.255 e. The van der Waals surface area contributed by atoms with Crippen molar-refractivity contribution in [2.24, 2.45) is 11.1 Å². The summed E-state index contributed by atoms with van der Waals surface area (Å²) in [5.74, 6) is -0.294. The van der Waals surface area contributed by atoms with E-state index in [2.05, 4.69) is 32.2 Å². The maximum atomic E-state index is 13.3. The Balaban J connectivity index is 1.73. The average Bonchev–Trinajstić information content (AvgIpc) is 2.88. The van der Waals surface area contributed by atoms with E-state index in [1.807, 2.05) is 62.4 Å². The Kier molecular flexibility index (Phi) is 8.52. The molecule has 0 atom stereocenters. The summed E-state index contributed by atoms with van der Waals surface area (Å²) in [5.41, 5.74) is 10.1. The molecule has 0 spiro atoms. The molecule has 3 aromatic rings. The topological polar surface area (TPSA) is 99.2 Å². The standard InChI is InChI=1S/C31H36N4O2/c1-30(2,3)26-14-12-24(13-15-26)28(36)34-27-16-8-23(9-17-27)19-35(21-31(4,5)20-33)29(37)25-10-6-22(18-32)7-11-25/h6-17H,19-21,33H2,1-5H3,(H,34,36). The van der Waals surface area contributed by atoms with Crippen LogP contribution in [0.1, 0.15) is 72.0 Å². The molecule has 0 heterocycles. The lowest BCUT2D eigenvalue weighted by atomic mass is 9.87. The summed E-state index contributed by atoms with van der Waals surface area (Å²) in [6, 6.07) is 23.9. The second-order valence-electron chi connectivity index (χ2n) is 11.2. The van der Waals surface area contributed by atoms with Crippen molar-refractivity contribution < 1.29 is 9.59 Å². The van der Waals surface area contributed by atoms with Crippen LogP contribution in [-0.2, 0) is 12.0 Å². The predicted molar refractivity (Wildman–Crippen MR) is 148 cm³/mol. The normalized spacial score (nSPS) is 11.5. The van der Waals surface area contributed by atoms with Gasteiger partial charge in [0, 0.05) is 29.9 Å². The lowest BCUT2D eigenvalue weighted by molar-refractivity contribution is 0.0673. The van der Waals surface area contributed by atoms with Crippen LogP contribution < -0.4 is 11.1 Å². The van der Waals surface area contributed by atoms with Crippen molar-refractivity contribution in [2.45, 2.75) is 46.6 Å². The van der Waals surface area contributed by atoms with E-state index in [0.717, 1.165) is 5.56 Å². The first-order valence-electron chi connectivity index (χ1n) is 12.4. The fourth-order valence-electron chi connectivity index (χ4n) is 3.89. The van der Waals surface area contributed by atoms with Gasteiger partial charge in [0.15, 0.2) is 0 Å². The molecule has 0 saturated heterocycles. The lowest BCUT2D eigenvalue weighted by Crippen LogP contribution is -2.41. The van der Waals surface area contributed by atoms with E-state index in [9.17, 15) is 9.59 Å². The zero-order valence-corrected chi connectivity index (χ0v) is 22.3. The van der Waals surface area contributed by atoms with Crippen molar-refractivity contribution in [1.82, 2.24) is 4.90 Å². The van der Waals surface area contributed by atoms with Crippen LogP contribution in [0.2, 0.25) is 0 Å². The average molecular weight is 497 g/mol. The van der Waals surface area contributed by atoms with Crippen LogP contribution in [0.3, 0.4) is 0 Å². The monoisotopic (exact) mass is 496 g/mol. The molecule has 0 bridgehead atoms. The van der Waals surface area contributed by atoms with Crippen LogP contribution >= 0.6 is 0 Å². The van der Waals surface area contributed by atoms with Gasteiger partial charge in [-0.05, 0) is 77.0 Å². The fraction of sp³-hybridized carbons (Fsp3) is 0.323. The number of nitriles is 1. The Bertz CT molecular complexity index is 1260. The third-order valence-electron chi connectivity index (χ3n) is 6.32. The molecule has 0 radical (unpaired) electrons. The van der Waals surface area contributed by atoms with Gasteiger partial charge >= 0.3 is 0 Å². The number of nitrogens with two attached hydrogens (primary N) is 1. The molecule has 0 fully saturated rings. The summed E-state index contributed by atoms with van der Waals surface area (Å²) in [6.45, 7) is 11.8. The summed E-state index contributed by atoms with van der Waals surface area (Å²) in [5, 5.41) is 12.0. The molecule has 3 aromatic carbocycles. The molecule has 0 saturated carbocycles. The molecule has 3 rings (SSSR count). The number of benzene rings is 3. The van der Waals surface area contributed by atoms with E-state index in [1.54, 1.807) is 29.2 Å². The van der Waals surface area contributed by atoms with Crippen LogP contribution in [-0.4, -0.2) is 29.8 Å². The van der Waals surface area contributed by atoms with Crippen molar-refractivity contribution in [2.75, 3.05) is 18.4 Å². The summed E-state index contributed by atoms with van der Waals surface area (Å²) >= 11 is 0. The lowest BCUT2D eigenvalue weighted by Gasteiger charge is -2.32. The van der Waals surface area contributed by atoms with E-state index in [-0.39, 0.29) is 22.6 Å². The largest absolute Gasteiger partial charge is 0.334 e. The SMILES string of the molecule is CC(C)(CN)CN(Cc1ccc(NC(=O)c2ccc(C(C)(C)C)cc2)cc1)C(=O)c1ccc(C#N)cc1. The number of amides is 2. The summed E-state index contributed by atoms with van der Waals surface area (Å²) in [4.78, 5) is 27.8. The molecule has 2 amide bonds. The highest BCUT2D eigenvalue weighted by Crippen LogP contribution is 2.23. The first-order chi connectivity index (χ1) is 17.4. The number of hydrogen-bond donors (Lipinski definition) is 2. The van der Waals surface area contributed by atoms with Gasteiger partial charge in [0.2, 0.25) is 0 Å². The Morgan fingerprint density at radius 2 is 1.43 bits per heavy atom. The predicted octanol–water partition coefficient (Wildman–Crippen LogP) is 5.74. The van der Waals surface area contributed by atoms with E-state index in [1.165, 1.54) is 5.56 Å². The van der Waals surface area contributed by atoms with E-state index in [0.29, 0.717) is 42.0 Å². The number of hydrogen-bond acceptors (Lipinski definition) is 4. The summed E-state index contributed by atoms with van der Waals surface area (Å²) in [7, 11) is 0. The molecule has 0 aliphatic carbocycles. The minimum atomic E-state index is -0.265. The zero-order valence-electron chi connectivity index (χ0n) is 22.3. The minimum absolute atomic E-state index is 0.0273. The second-order valence-corrected chi connectivity index (χ2v) is 11.2. The van der Waals surface area contributed by atoms with Crippen molar-refractivity contribution in [1.29, 1.82) is 5.26 Å². The van der Waals surface area contributed by atoms with Crippen LogP contribution in [0.4, 0.5) is 5.69 Å². The van der Waals surface area contributed by atoms with Crippen molar-refractivity contribution in [3.8, 4) is 6.07 Å². The van der Waals surface area contributed by atoms with Gasteiger partial charge in [-0.25, -0.2) is 0 Å². The van der Waals surface area contributed by atoms with Gasteiger partial charge < -0.3 is 16.0 Å². The number of nitrogens with one attached hydrogen (secondary N) is 1. The van der Waals surface area contributed by atoms with Gasteiger partial charge in [-0.2, -0.15) is 5.26 Å². The highest BCUT2D eigenvalue weighted by Gasteiger charge is 2.25.